The van der Waals surface area contributed by atoms with E-state index in [0.717, 1.165) is 25.9 Å². The van der Waals surface area contributed by atoms with Crippen LogP contribution in [-0.4, -0.2) is 23.6 Å². The smallest absolute Gasteiger partial charge is 0.228 e. The first-order valence-corrected chi connectivity index (χ1v) is 6.05. The lowest BCUT2D eigenvalue weighted by molar-refractivity contribution is -0.119. The number of ether oxygens (including phenoxy) is 1. The van der Waals surface area contributed by atoms with Gasteiger partial charge in [-0.05, 0) is 31.4 Å². The summed E-state index contributed by atoms with van der Waals surface area (Å²) in [5, 5.41) is 11.3. The maximum Gasteiger partial charge on any atom is 0.228 e. The van der Waals surface area contributed by atoms with Gasteiger partial charge in [0.2, 0.25) is 5.91 Å². The fraction of sp³-hybridized carbons (Fsp3) is 0.462. The van der Waals surface area contributed by atoms with E-state index in [1.807, 2.05) is 6.07 Å². The van der Waals surface area contributed by atoms with Crippen LogP contribution in [0, 0.1) is 11.3 Å². The third-order valence-electron chi connectivity index (χ3n) is 2.85. The highest BCUT2D eigenvalue weighted by atomic mass is 16.5. The molecule has 2 rings (SSSR count). The van der Waals surface area contributed by atoms with Crippen molar-refractivity contribution < 1.29 is 9.53 Å². The molecule has 1 unspecified atom stereocenters. The van der Waals surface area contributed by atoms with Crippen LogP contribution in [0.2, 0.25) is 0 Å². The molecule has 1 N–H and O–H groups in total. The highest BCUT2D eigenvalue weighted by molar-refractivity contribution is 5.90. The van der Waals surface area contributed by atoms with E-state index in [2.05, 4.69) is 10.3 Å². The number of anilines is 1. The molecule has 2 heterocycles. The Labute approximate surface area is 106 Å². The van der Waals surface area contributed by atoms with E-state index in [0.29, 0.717) is 17.8 Å². The van der Waals surface area contributed by atoms with E-state index in [9.17, 15) is 4.79 Å². The summed E-state index contributed by atoms with van der Waals surface area (Å²) in [5.41, 5.74) is 0.476. The van der Waals surface area contributed by atoms with Gasteiger partial charge in [0.05, 0.1) is 18.1 Å². The molecule has 1 aliphatic rings. The Morgan fingerprint density at radius 1 is 1.56 bits per heavy atom. The van der Waals surface area contributed by atoms with E-state index in [1.54, 1.807) is 12.1 Å². The minimum absolute atomic E-state index is 0.0251. The SMILES string of the molecule is N#Cc1ccc(NC(=O)CC2CCCCO2)nc1. The van der Waals surface area contributed by atoms with E-state index in [1.165, 1.54) is 6.20 Å². The van der Waals surface area contributed by atoms with Crippen LogP contribution in [0.3, 0.4) is 0 Å². The minimum Gasteiger partial charge on any atom is -0.378 e. The number of nitrogens with zero attached hydrogens (tertiary/aromatic N) is 2. The highest BCUT2D eigenvalue weighted by Crippen LogP contribution is 2.16. The van der Waals surface area contributed by atoms with Crippen LogP contribution in [0.4, 0.5) is 5.82 Å². The van der Waals surface area contributed by atoms with Gasteiger partial charge in [-0.25, -0.2) is 4.98 Å². The molecular weight excluding hydrogens is 230 g/mol. The second kappa shape index (κ2) is 6.12. The van der Waals surface area contributed by atoms with E-state index >= 15 is 0 Å². The van der Waals surface area contributed by atoms with Crippen LogP contribution in [0.5, 0.6) is 0 Å². The first-order valence-electron chi connectivity index (χ1n) is 6.05. The van der Waals surface area contributed by atoms with Crippen molar-refractivity contribution in [2.75, 3.05) is 11.9 Å². The van der Waals surface area contributed by atoms with Crippen LogP contribution in [-0.2, 0) is 9.53 Å². The summed E-state index contributed by atoms with van der Waals surface area (Å²) in [6, 6.07) is 5.23. The molecular formula is C13H15N3O2. The average molecular weight is 245 g/mol. The second-order valence-corrected chi connectivity index (χ2v) is 4.28. The number of carbonyl (C=O) groups is 1. The van der Waals surface area contributed by atoms with E-state index in [4.69, 9.17) is 10.00 Å². The molecule has 0 aromatic carbocycles. The highest BCUT2D eigenvalue weighted by Gasteiger charge is 2.17. The van der Waals surface area contributed by atoms with Crippen molar-refractivity contribution in [3.05, 3.63) is 23.9 Å². The average Bonchev–Trinajstić information content (AvgIpc) is 2.40. The number of hydrogen-bond acceptors (Lipinski definition) is 4. The lowest BCUT2D eigenvalue weighted by atomic mass is 10.1. The monoisotopic (exact) mass is 245 g/mol. The van der Waals surface area contributed by atoms with Gasteiger partial charge in [-0.1, -0.05) is 0 Å². The number of nitrogens with one attached hydrogen (secondary N) is 1. The van der Waals surface area contributed by atoms with Crippen LogP contribution >= 0.6 is 0 Å². The van der Waals surface area contributed by atoms with Crippen molar-refractivity contribution in [2.24, 2.45) is 0 Å². The van der Waals surface area contributed by atoms with Crippen LogP contribution in [0.15, 0.2) is 18.3 Å². The molecule has 1 atom stereocenters. The van der Waals surface area contributed by atoms with Gasteiger partial charge in [0.15, 0.2) is 0 Å². The first kappa shape index (κ1) is 12.5. The summed E-state index contributed by atoms with van der Waals surface area (Å²) in [6.45, 7) is 0.743. The molecule has 0 aliphatic carbocycles. The molecule has 0 saturated carbocycles. The Kier molecular flexibility index (Phi) is 4.26. The van der Waals surface area contributed by atoms with Gasteiger partial charge in [0.25, 0.3) is 0 Å². The van der Waals surface area contributed by atoms with Gasteiger partial charge in [-0.15, -0.1) is 0 Å². The van der Waals surface area contributed by atoms with Gasteiger partial charge in [-0.3, -0.25) is 4.79 Å². The summed E-state index contributed by atoms with van der Waals surface area (Å²) in [7, 11) is 0. The number of aromatic nitrogens is 1. The maximum absolute atomic E-state index is 11.7. The maximum atomic E-state index is 11.7. The van der Waals surface area contributed by atoms with Crippen LogP contribution < -0.4 is 5.32 Å². The molecule has 1 aliphatic heterocycles. The van der Waals surface area contributed by atoms with Gasteiger partial charge in [0.1, 0.15) is 11.9 Å². The Hall–Kier alpha value is -1.93. The topological polar surface area (TPSA) is 75.0 Å². The fourth-order valence-electron chi connectivity index (χ4n) is 1.90. The Bertz CT molecular complexity index is 444. The largest absolute Gasteiger partial charge is 0.378 e. The zero-order chi connectivity index (χ0) is 12.8. The summed E-state index contributed by atoms with van der Waals surface area (Å²) in [6.07, 6.45) is 4.96. The van der Waals surface area contributed by atoms with Gasteiger partial charge in [0, 0.05) is 12.8 Å². The minimum atomic E-state index is -0.0980. The summed E-state index contributed by atoms with van der Waals surface area (Å²) < 4.78 is 5.50. The molecule has 1 aromatic heterocycles. The molecule has 1 amide bonds. The quantitative estimate of drug-likeness (QED) is 0.881. The molecule has 5 heteroatoms. The van der Waals surface area contributed by atoms with Gasteiger partial charge in [-0.2, -0.15) is 5.26 Å². The van der Waals surface area contributed by atoms with Crippen molar-refractivity contribution in [1.82, 2.24) is 4.98 Å². The summed E-state index contributed by atoms with van der Waals surface area (Å²) >= 11 is 0. The van der Waals surface area contributed by atoms with Crippen molar-refractivity contribution in [2.45, 2.75) is 31.8 Å². The van der Waals surface area contributed by atoms with Crippen LogP contribution in [0.1, 0.15) is 31.2 Å². The lowest BCUT2D eigenvalue weighted by Gasteiger charge is -2.21. The van der Waals surface area contributed by atoms with Crippen LogP contribution in [0.25, 0.3) is 0 Å². The van der Waals surface area contributed by atoms with Crippen molar-refractivity contribution >= 4 is 11.7 Å². The van der Waals surface area contributed by atoms with Crippen molar-refractivity contribution in [1.29, 1.82) is 5.26 Å². The normalized spacial score (nSPS) is 18.9. The molecule has 1 saturated heterocycles. The van der Waals surface area contributed by atoms with E-state index < -0.39 is 0 Å². The molecule has 1 fully saturated rings. The third-order valence-corrected chi connectivity index (χ3v) is 2.85. The summed E-state index contributed by atoms with van der Waals surface area (Å²) in [4.78, 5) is 15.7. The molecule has 0 spiro atoms. The lowest BCUT2D eigenvalue weighted by Crippen LogP contribution is -2.25. The predicted molar refractivity (Wildman–Crippen MR) is 65.8 cm³/mol. The first-order chi connectivity index (χ1) is 8.78. The van der Waals surface area contributed by atoms with E-state index in [-0.39, 0.29) is 12.0 Å². The van der Waals surface area contributed by atoms with Crippen molar-refractivity contribution in [3.8, 4) is 6.07 Å². The Balaban J connectivity index is 1.84. The molecule has 5 nitrogen and oxygen atoms in total. The Morgan fingerprint density at radius 3 is 3.06 bits per heavy atom. The molecule has 94 valence electrons. The predicted octanol–water partition coefficient (Wildman–Crippen LogP) is 1.85. The molecule has 0 bridgehead atoms. The zero-order valence-corrected chi connectivity index (χ0v) is 10.1. The van der Waals surface area contributed by atoms with Crippen molar-refractivity contribution in [3.63, 3.8) is 0 Å². The Morgan fingerprint density at radius 2 is 2.44 bits per heavy atom. The zero-order valence-electron chi connectivity index (χ0n) is 10.1. The molecule has 0 radical (unpaired) electrons. The second-order valence-electron chi connectivity index (χ2n) is 4.28. The number of rotatable bonds is 3. The molecule has 1 aromatic rings. The number of carbonyl (C=O) groups excluding carboxylic acids is 1. The van der Waals surface area contributed by atoms with Gasteiger partial charge < -0.3 is 10.1 Å². The number of amides is 1. The number of hydrogen-bond donors (Lipinski definition) is 1. The number of nitriles is 1. The van der Waals surface area contributed by atoms with Gasteiger partial charge >= 0.3 is 0 Å². The standard InChI is InChI=1S/C13H15N3O2/c14-8-10-4-5-12(15-9-10)16-13(17)7-11-3-1-2-6-18-11/h4-5,9,11H,1-3,6-7H2,(H,15,16,17). The summed E-state index contributed by atoms with van der Waals surface area (Å²) in [5.74, 6) is 0.369. The molecule has 18 heavy (non-hydrogen) atoms. The fourth-order valence-corrected chi connectivity index (χ4v) is 1.90. The number of pyridine rings is 1. The third kappa shape index (κ3) is 3.54.